The topological polar surface area (TPSA) is 173 Å². The first kappa shape index (κ1) is 17.1. The van der Waals surface area contributed by atoms with Gasteiger partial charge in [0, 0.05) is 0 Å². The van der Waals surface area contributed by atoms with Crippen molar-refractivity contribution in [3.63, 3.8) is 0 Å². The molecule has 0 unspecified atom stereocenters. The first-order valence-electron chi connectivity index (χ1n) is 2.83. The van der Waals surface area contributed by atoms with Gasteiger partial charge in [-0.1, -0.05) is 0 Å². The number of nitro groups is 4. The Morgan fingerprint density at radius 1 is 0.600 bits per heavy atom. The molecule has 0 atom stereocenters. The van der Waals surface area contributed by atoms with Crippen LogP contribution in [0, 0.1) is 40.5 Å². The zero-order valence-corrected chi connectivity index (χ0v) is 6.21. The third-order valence-electron chi connectivity index (χ3n) is 1.13. The van der Waals surface area contributed by atoms with Crippen molar-refractivity contribution >= 4 is 68.9 Å². The van der Waals surface area contributed by atoms with Gasteiger partial charge in [0.25, 0.3) is 0 Å². The molecule has 0 amide bonds. The van der Waals surface area contributed by atoms with Crippen LogP contribution in [0.15, 0.2) is 0 Å². The third kappa shape index (κ3) is 4.80. The molecule has 0 aromatic heterocycles. The van der Waals surface area contributed by atoms with Crippen LogP contribution in [-0.4, -0.2) is 101 Å². The van der Waals surface area contributed by atoms with E-state index in [1.165, 1.54) is 0 Å². The second-order valence-corrected chi connectivity index (χ2v) is 1.97. The summed E-state index contributed by atoms with van der Waals surface area (Å²) in [6.45, 7) is 0. The fourth-order valence-corrected chi connectivity index (χ4v) is 0.589. The quantitative estimate of drug-likeness (QED) is 0.316. The van der Waals surface area contributed by atoms with Crippen molar-refractivity contribution in [3.05, 3.63) is 40.5 Å². The van der Waals surface area contributed by atoms with Crippen LogP contribution in [0.2, 0.25) is 0 Å². The Kier molecular flexibility index (Phi) is 7.98. The Labute approximate surface area is 139 Å². The zero-order valence-electron chi connectivity index (χ0n) is 6.21. The summed E-state index contributed by atoms with van der Waals surface area (Å²) in [6, 6.07) is 0. The first-order valence-corrected chi connectivity index (χ1v) is 2.83. The minimum absolute atomic E-state index is 0. The van der Waals surface area contributed by atoms with E-state index >= 15 is 0 Å². The van der Waals surface area contributed by atoms with Gasteiger partial charge in [0.1, 0.15) is 19.7 Å². The van der Waals surface area contributed by atoms with Crippen LogP contribution in [0.3, 0.4) is 0 Å². The summed E-state index contributed by atoms with van der Waals surface area (Å²) >= 11 is 0. The SMILES string of the molecule is O=[N+]([O-])C(C([N+](=O)[O-])[N+](=O)[O-])[N+](=O)[O-].[CsH]. The summed E-state index contributed by atoms with van der Waals surface area (Å²) in [5.41, 5.74) is 0. The molecule has 0 aliphatic heterocycles. The molecule has 0 fully saturated rings. The van der Waals surface area contributed by atoms with Gasteiger partial charge in [-0.05, 0) is 0 Å². The predicted octanol–water partition coefficient (Wildman–Crippen LogP) is -1.90. The fourth-order valence-electron chi connectivity index (χ4n) is 0.589. The Bertz CT molecular complexity index is 245. The second-order valence-electron chi connectivity index (χ2n) is 1.97. The molecule has 0 aliphatic rings. The Morgan fingerprint density at radius 3 is 0.800 bits per heavy atom. The molecule has 0 saturated carbocycles. The maximum absolute atomic E-state index is 9.95. The molecule has 0 saturated heterocycles. The summed E-state index contributed by atoms with van der Waals surface area (Å²) in [5, 5.41) is 39.8. The molecule has 0 aliphatic carbocycles. The zero-order chi connectivity index (χ0) is 11.5. The van der Waals surface area contributed by atoms with E-state index in [2.05, 4.69) is 0 Å². The van der Waals surface area contributed by atoms with E-state index in [1.807, 2.05) is 0 Å². The van der Waals surface area contributed by atoms with Gasteiger partial charge >= 0.3 is 81.2 Å². The maximum atomic E-state index is 9.95. The summed E-state index contributed by atoms with van der Waals surface area (Å²) in [7, 11) is 0. The van der Waals surface area contributed by atoms with Crippen molar-refractivity contribution in [1.29, 1.82) is 0 Å². The molecule has 0 N–H and O–H groups in total. The van der Waals surface area contributed by atoms with Crippen LogP contribution in [-0.2, 0) is 0 Å². The van der Waals surface area contributed by atoms with Crippen LogP contribution in [0.1, 0.15) is 0 Å². The van der Waals surface area contributed by atoms with Crippen molar-refractivity contribution in [2.75, 3.05) is 0 Å². The van der Waals surface area contributed by atoms with Gasteiger partial charge < -0.3 is 0 Å². The van der Waals surface area contributed by atoms with Crippen LogP contribution < -0.4 is 0 Å². The Balaban J connectivity index is 0. The molecule has 0 bridgehead atoms. The van der Waals surface area contributed by atoms with E-state index in [0.29, 0.717) is 0 Å². The molecule has 0 heterocycles. The van der Waals surface area contributed by atoms with Gasteiger partial charge in [-0.25, -0.2) is 0 Å². The molecule has 0 rings (SSSR count). The van der Waals surface area contributed by atoms with Gasteiger partial charge in [-0.3, -0.25) is 40.5 Å². The average Bonchev–Trinajstić information content (AvgIpc) is 1.96. The molecule has 12 nitrogen and oxygen atoms in total. The molecule has 15 heavy (non-hydrogen) atoms. The number of nitrogens with zero attached hydrogens (tertiary/aromatic N) is 4. The van der Waals surface area contributed by atoms with Crippen molar-refractivity contribution in [2.24, 2.45) is 0 Å². The summed E-state index contributed by atoms with van der Waals surface area (Å²) in [5.74, 6) is 0. The summed E-state index contributed by atoms with van der Waals surface area (Å²) in [6.07, 6.45) is -6.17. The normalized spacial score (nSPS) is 9.47. The molecular formula is C2H3CsN4O8. The minimum atomic E-state index is -3.08. The molecule has 0 spiro atoms. The van der Waals surface area contributed by atoms with Gasteiger partial charge in [-0.2, -0.15) is 0 Å². The summed E-state index contributed by atoms with van der Waals surface area (Å²) < 4.78 is 0. The molecular weight excluding hydrogens is 341 g/mol. The van der Waals surface area contributed by atoms with Crippen molar-refractivity contribution in [2.45, 2.75) is 12.3 Å². The first-order chi connectivity index (χ1) is 6.29. The van der Waals surface area contributed by atoms with Crippen molar-refractivity contribution in [3.8, 4) is 0 Å². The monoisotopic (exact) mass is 344 g/mol. The fraction of sp³-hybridized carbons (Fsp3) is 1.00. The second kappa shape index (κ2) is 7.01. The molecule has 13 heteroatoms. The standard InChI is InChI=1S/C2H2N4O8.Cs.H/c7-3(8)1(4(9)10)2(5(11)12)6(13)14;;/h1-2H;;. The van der Waals surface area contributed by atoms with Crippen LogP contribution in [0.4, 0.5) is 0 Å². The predicted molar refractivity (Wildman–Crippen MR) is 42.7 cm³/mol. The summed E-state index contributed by atoms with van der Waals surface area (Å²) in [4.78, 5) is 33.0. The molecule has 80 valence electrons. The van der Waals surface area contributed by atoms with Crippen molar-refractivity contribution < 1.29 is 19.7 Å². The van der Waals surface area contributed by atoms with E-state index in [-0.39, 0.29) is 68.9 Å². The van der Waals surface area contributed by atoms with E-state index in [4.69, 9.17) is 0 Å². The Morgan fingerprint density at radius 2 is 0.733 bits per heavy atom. The number of hydrogen-bond donors (Lipinski definition) is 0. The van der Waals surface area contributed by atoms with Crippen LogP contribution in [0.5, 0.6) is 0 Å². The van der Waals surface area contributed by atoms with Crippen LogP contribution >= 0.6 is 0 Å². The molecule has 0 radical (unpaired) electrons. The molecule has 0 aromatic carbocycles. The third-order valence-corrected chi connectivity index (χ3v) is 1.13. The van der Waals surface area contributed by atoms with Gasteiger partial charge in [0.05, 0.1) is 0 Å². The van der Waals surface area contributed by atoms with Crippen LogP contribution in [0.25, 0.3) is 0 Å². The Hall–Kier alpha value is -0.348. The molecule has 0 aromatic rings. The van der Waals surface area contributed by atoms with Gasteiger partial charge in [0.15, 0.2) is 0 Å². The number of rotatable bonds is 5. The van der Waals surface area contributed by atoms with Crippen molar-refractivity contribution in [1.82, 2.24) is 0 Å². The van der Waals surface area contributed by atoms with E-state index < -0.39 is 32.0 Å². The van der Waals surface area contributed by atoms with Gasteiger partial charge in [-0.15, -0.1) is 0 Å². The van der Waals surface area contributed by atoms with E-state index in [9.17, 15) is 40.5 Å². The van der Waals surface area contributed by atoms with E-state index in [1.54, 1.807) is 0 Å². The number of hydrogen-bond acceptors (Lipinski definition) is 8. The van der Waals surface area contributed by atoms with Gasteiger partial charge in [0.2, 0.25) is 0 Å². The van der Waals surface area contributed by atoms with E-state index in [0.717, 1.165) is 0 Å². The average molecular weight is 344 g/mol.